The third-order valence-electron chi connectivity index (χ3n) is 5.08. The van der Waals surface area contributed by atoms with Crippen molar-refractivity contribution < 1.29 is 13.9 Å². The maximum absolute atomic E-state index is 13.4. The van der Waals surface area contributed by atoms with E-state index in [4.69, 9.17) is 4.74 Å². The number of hydrogen-bond acceptors (Lipinski definition) is 6. The SMILES string of the molecule is CN=C(NCCNC(=O)c1scnc1C)NCC(c1ccc(F)cc1)N1CCOCC1.I. The highest BCUT2D eigenvalue weighted by Crippen LogP contribution is 2.21. The number of hydrogen-bond donors (Lipinski definition) is 3. The van der Waals surface area contributed by atoms with Gasteiger partial charge in [-0.05, 0) is 24.6 Å². The Hall–Kier alpha value is -1.83. The Labute approximate surface area is 209 Å². The van der Waals surface area contributed by atoms with Crippen LogP contribution < -0.4 is 16.0 Å². The molecule has 32 heavy (non-hydrogen) atoms. The maximum Gasteiger partial charge on any atom is 0.263 e. The lowest BCUT2D eigenvalue weighted by Crippen LogP contribution is -2.47. The number of aliphatic imine (C=N–C) groups is 1. The van der Waals surface area contributed by atoms with Crippen LogP contribution in [0.1, 0.15) is 27.0 Å². The number of thiazole rings is 1. The van der Waals surface area contributed by atoms with Gasteiger partial charge >= 0.3 is 0 Å². The first-order valence-electron chi connectivity index (χ1n) is 10.3. The molecule has 1 unspecified atom stereocenters. The molecule has 1 atom stereocenters. The van der Waals surface area contributed by atoms with Crippen molar-refractivity contribution >= 4 is 47.2 Å². The zero-order valence-corrected chi connectivity index (χ0v) is 21.4. The number of rotatable bonds is 8. The van der Waals surface area contributed by atoms with Crippen LogP contribution in [0, 0.1) is 12.7 Å². The number of carbonyl (C=O) groups excluding carboxylic acids is 1. The van der Waals surface area contributed by atoms with E-state index in [0.717, 1.165) is 24.3 Å². The van der Waals surface area contributed by atoms with Crippen molar-refractivity contribution in [3.8, 4) is 0 Å². The van der Waals surface area contributed by atoms with E-state index >= 15 is 0 Å². The zero-order chi connectivity index (χ0) is 22.1. The van der Waals surface area contributed by atoms with Gasteiger partial charge in [-0.15, -0.1) is 35.3 Å². The largest absolute Gasteiger partial charge is 0.379 e. The van der Waals surface area contributed by atoms with Crippen LogP contribution in [0.5, 0.6) is 0 Å². The van der Waals surface area contributed by atoms with Crippen LogP contribution >= 0.6 is 35.3 Å². The van der Waals surface area contributed by atoms with Gasteiger partial charge in [-0.2, -0.15) is 0 Å². The van der Waals surface area contributed by atoms with Crippen molar-refractivity contribution in [2.75, 3.05) is 53.0 Å². The number of benzene rings is 1. The van der Waals surface area contributed by atoms with E-state index in [9.17, 15) is 9.18 Å². The van der Waals surface area contributed by atoms with Crippen LogP contribution in [0.2, 0.25) is 0 Å². The number of halogens is 2. The predicted octanol–water partition coefficient (Wildman–Crippen LogP) is 2.18. The number of aryl methyl sites for hydroxylation is 1. The predicted molar refractivity (Wildman–Crippen MR) is 135 cm³/mol. The van der Waals surface area contributed by atoms with E-state index in [1.807, 2.05) is 19.1 Å². The minimum atomic E-state index is -0.245. The normalized spacial score (nSPS) is 15.5. The first-order valence-corrected chi connectivity index (χ1v) is 11.2. The molecule has 0 spiro atoms. The van der Waals surface area contributed by atoms with Crippen molar-refractivity contribution in [1.82, 2.24) is 25.8 Å². The van der Waals surface area contributed by atoms with E-state index in [0.29, 0.717) is 43.7 Å². The second kappa shape index (κ2) is 13.7. The molecule has 1 saturated heterocycles. The monoisotopic (exact) mass is 576 g/mol. The number of amides is 1. The molecule has 0 saturated carbocycles. The molecule has 0 bridgehead atoms. The molecule has 1 amide bonds. The van der Waals surface area contributed by atoms with Crippen molar-refractivity contribution in [3.05, 3.63) is 51.7 Å². The summed E-state index contributed by atoms with van der Waals surface area (Å²) in [5.74, 6) is 0.280. The fraction of sp³-hybridized carbons (Fsp3) is 0.476. The average molecular weight is 576 g/mol. The molecular formula is C21H30FIN6O2S. The molecule has 2 aromatic rings. The zero-order valence-electron chi connectivity index (χ0n) is 18.3. The smallest absolute Gasteiger partial charge is 0.263 e. The molecule has 3 rings (SSSR count). The minimum absolute atomic E-state index is 0. The molecule has 1 aliphatic rings. The lowest BCUT2D eigenvalue weighted by atomic mass is 10.0. The van der Waals surface area contributed by atoms with Gasteiger partial charge in [0.25, 0.3) is 5.91 Å². The molecule has 1 aromatic heterocycles. The number of nitrogens with one attached hydrogen (secondary N) is 3. The van der Waals surface area contributed by atoms with Gasteiger partial charge in [0.05, 0.1) is 30.5 Å². The summed E-state index contributed by atoms with van der Waals surface area (Å²) in [6, 6.07) is 6.69. The minimum Gasteiger partial charge on any atom is -0.379 e. The fourth-order valence-electron chi connectivity index (χ4n) is 3.40. The number of guanidine groups is 1. The van der Waals surface area contributed by atoms with E-state index in [1.54, 1.807) is 12.6 Å². The van der Waals surface area contributed by atoms with Crippen LogP contribution in [0.25, 0.3) is 0 Å². The Morgan fingerprint density at radius 3 is 2.53 bits per heavy atom. The Morgan fingerprint density at radius 2 is 1.91 bits per heavy atom. The Balaban J connectivity index is 0.00000363. The molecule has 1 fully saturated rings. The summed E-state index contributed by atoms with van der Waals surface area (Å²) >= 11 is 1.33. The number of aromatic nitrogens is 1. The van der Waals surface area contributed by atoms with Gasteiger partial charge < -0.3 is 20.7 Å². The molecule has 1 aliphatic heterocycles. The lowest BCUT2D eigenvalue weighted by molar-refractivity contribution is 0.0170. The average Bonchev–Trinajstić information content (AvgIpc) is 3.23. The van der Waals surface area contributed by atoms with E-state index in [2.05, 4.69) is 30.8 Å². The first kappa shape index (κ1) is 26.4. The van der Waals surface area contributed by atoms with Gasteiger partial charge in [-0.25, -0.2) is 9.37 Å². The first-order chi connectivity index (χ1) is 15.1. The fourth-order valence-corrected chi connectivity index (χ4v) is 4.12. The number of morpholine rings is 1. The highest BCUT2D eigenvalue weighted by atomic mass is 127. The van der Waals surface area contributed by atoms with Crippen molar-refractivity contribution in [2.45, 2.75) is 13.0 Å². The summed E-state index contributed by atoms with van der Waals surface area (Å²) in [7, 11) is 1.70. The van der Waals surface area contributed by atoms with E-state index < -0.39 is 0 Å². The topological polar surface area (TPSA) is 90.9 Å². The van der Waals surface area contributed by atoms with Gasteiger partial charge in [0.15, 0.2) is 5.96 Å². The van der Waals surface area contributed by atoms with Crippen LogP contribution in [0.4, 0.5) is 4.39 Å². The molecular weight excluding hydrogens is 546 g/mol. The molecule has 2 heterocycles. The van der Waals surface area contributed by atoms with Gasteiger partial charge in [-0.3, -0.25) is 14.7 Å². The molecule has 1 aromatic carbocycles. The summed E-state index contributed by atoms with van der Waals surface area (Å²) < 4.78 is 18.9. The van der Waals surface area contributed by atoms with Crippen LogP contribution in [0.15, 0.2) is 34.8 Å². The van der Waals surface area contributed by atoms with Crippen molar-refractivity contribution in [1.29, 1.82) is 0 Å². The summed E-state index contributed by atoms with van der Waals surface area (Å²) in [5.41, 5.74) is 3.45. The maximum atomic E-state index is 13.4. The van der Waals surface area contributed by atoms with Crippen LogP contribution in [0.3, 0.4) is 0 Å². The molecule has 176 valence electrons. The molecule has 8 nitrogen and oxygen atoms in total. The number of ether oxygens (including phenoxy) is 1. The van der Waals surface area contributed by atoms with Gasteiger partial charge in [-0.1, -0.05) is 12.1 Å². The Morgan fingerprint density at radius 1 is 1.22 bits per heavy atom. The summed E-state index contributed by atoms with van der Waals surface area (Å²) in [4.78, 5) is 23.5. The van der Waals surface area contributed by atoms with E-state index in [1.165, 1.54) is 23.5 Å². The Bertz CT molecular complexity index is 873. The quantitative estimate of drug-likeness (QED) is 0.193. The third kappa shape index (κ3) is 7.64. The van der Waals surface area contributed by atoms with Crippen LogP contribution in [-0.2, 0) is 4.74 Å². The van der Waals surface area contributed by atoms with Crippen LogP contribution in [-0.4, -0.2) is 74.7 Å². The molecule has 3 N–H and O–H groups in total. The number of carbonyl (C=O) groups is 1. The van der Waals surface area contributed by atoms with Gasteiger partial charge in [0, 0.05) is 39.8 Å². The van der Waals surface area contributed by atoms with Crippen molar-refractivity contribution in [2.24, 2.45) is 4.99 Å². The standard InChI is InChI=1S/C21H29FN6O2S.HI/c1-15-19(31-14-27-15)20(29)24-7-8-25-21(23-2)26-13-18(28-9-11-30-12-10-28)16-3-5-17(22)6-4-16;/h3-6,14,18H,7-13H2,1-2H3,(H,24,29)(H2,23,25,26);1H. The summed E-state index contributed by atoms with van der Waals surface area (Å²) in [6.45, 7) is 6.42. The van der Waals surface area contributed by atoms with Gasteiger partial charge in [0.1, 0.15) is 10.7 Å². The summed E-state index contributed by atoms with van der Waals surface area (Å²) in [5, 5.41) is 9.44. The molecule has 11 heteroatoms. The highest BCUT2D eigenvalue weighted by molar-refractivity contribution is 14.0. The van der Waals surface area contributed by atoms with Gasteiger partial charge in [0.2, 0.25) is 0 Å². The second-order valence-electron chi connectivity index (χ2n) is 7.12. The second-order valence-corrected chi connectivity index (χ2v) is 7.97. The molecule has 0 radical (unpaired) electrons. The summed E-state index contributed by atoms with van der Waals surface area (Å²) in [6.07, 6.45) is 0. The Kier molecular flexibility index (Phi) is 11.3. The van der Waals surface area contributed by atoms with Crippen molar-refractivity contribution in [3.63, 3.8) is 0 Å². The van der Waals surface area contributed by atoms with E-state index in [-0.39, 0.29) is 41.7 Å². The number of nitrogens with zero attached hydrogens (tertiary/aromatic N) is 3. The third-order valence-corrected chi connectivity index (χ3v) is 6.01. The lowest BCUT2D eigenvalue weighted by Gasteiger charge is -2.35. The molecule has 0 aliphatic carbocycles. The highest BCUT2D eigenvalue weighted by Gasteiger charge is 2.23.